The van der Waals surface area contributed by atoms with Crippen molar-refractivity contribution in [2.75, 3.05) is 24.7 Å². The molecule has 8 heteroatoms. The molecule has 0 unspecified atom stereocenters. The predicted molar refractivity (Wildman–Crippen MR) is 80.0 cm³/mol. The molecule has 21 heavy (non-hydrogen) atoms. The zero-order valence-corrected chi connectivity index (χ0v) is 12.5. The van der Waals surface area contributed by atoms with E-state index in [1.165, 1.54) is 0 Å². The average Bonchev–Trinajstić information content (AvgIpc) is 2.88. The molecule has 0 atom stereocenters. The molecule has 0 amide bonds. The first kappa shape index (κ1) is 15.3. The van der Waals surface area contributed by atoms with E-state index >= 15 is 0 Å². The molecule has 1 aromatic carbocycles. The smallest absolute Gasteiger partial charge is 0.313 e. The monoisotopic (exact) mass is 308 g/mol. The van der Waals surface area contributed by atoms with Crippen molar-refractivity contribution >= 4 is 23.4 Å². The van der Waals surface area contributed by atoms with Gasteiger partial charge in [-0.05, 0) is 18.2 Å². The fourth-order valence-corrected chi connectivity index (χ4v) is 2.48. The molecule has 0 aliphatic rings. The lowest BCUT2D eigenvalue weighted by Crippen LogP contribution is -2.10. The van der Waals surface area contributed by atoms with Gasteiger partial charge in [-0.3, -0.25) is 9.36 Å². The number of aliphatic carboxylic acids is 1. The number of hydrogen-bond donors (Lipinski definition) is 2. The molecule has 0 saturated carbocycles. The van der Waals surface area contributed by atoms with Crippen molar-refractivity contribution < 1.29 is 15.0 Å². The lowest BCUT2D eigenvalue weighted by molar-refractivity contribution is -0.133. The van der Waals surface area contributed by atoms with E-state index in [-0.39, 0.29) is 12.4 Å². The van der Waals surface area contributed by atoms with E-state index < -0.39 is 5.97 Å². The summed E-state index contributed by atoms with van der Waals surface area (Å²) in [6.07, 6.45) is 0. The Balaban J connectivity index is 2.43. The van der Waals surface area contributed by atoms with Crippen molar-refractivity contribution in [1.29, 1.82) is 0 Å². The summed E-state index contributed by atoms with van der Waals surface area (Å²) in [5.74, 6) is -0.669. The molecule has 0 fully saturated rings. The van der Waals surface area contributed by atoms with Crippen LogP contribution in [0.5, 0.6) is 0 Å². The third-order valence-electron chi connectivity index (χ3n) is 2.77. The molecule has 2 N–H and O–H groups in total. The number of aliphatic hydroxyl groups excluding tert-OH is 1. The largest absolute Gasteiger partial charge is 0.481 e. The average molecular weight is 308 g/mol. The van der Waals surface area contributed by atoms with Crippen LogP contribution in [0, 0.1) is 0 Å². The molecular weight excluding hydrogens is 292 g/mol. The molecule has 0 radical (unpaired) electrons. The van der Waals surface area contributed by atoms with Crippen LogP contribution in [0.2, 0.25) is 0 Å². The molecule has 0 aliphatic carbocycles. The highest BCUT2D eigenvalue weighted by Crippen LogP contribution is 2.24. The van der Waals surface area contributed by atoms with Gasteiger partial charge in [0.15, 0.2) is 11.0 Å². The van der Waals surface area contributed by atoms with Gasteiger partial charge in [0, 0.05) is 19.8 Å². The molecule has 1 heterocycles. The Bertz CT molecular complexity index is 642. The second-order valence-electron chi connectivity index (χ2n) is 4.49. The zero-order chi connectivity index (χ0) is 15.4. The van der Waals surface area contributed by atoms with Crippen molar-refractivity contribution in [3.63, 3.8) is 0 Å². The van der Waals surface area contributed by atoms with E-state index in [2.05, 4.69) is 10.2 Å². The number of aliphatic hydroxyl groups is 1. The zero-order valence-electron chi connectivity index (χ0n) is 11.7. The van der Waals surface area contributed by atoms with Gasteiger partial charge < -0.3 is 15.1 Å². The Morgan fingerprint density at radius 1 is 1.38 bits per heavy atom. The summed E-state index contributed by atoms with van der Waals surface area (Å²) in [5, 5.41) is 26.5. The normalized spacial score (nSPS) is 10.6. The number of anilines is 1. The predicted octanol–water partition coefficient (Wildman–Crippen LogP) is 1.00. The molecule has 112 valence electrons. The van der Waals surface area contributed by atoms with Crippen LogP contribution in [0.3, 0.4) is 0 Å². The van der Waals surface area contributed by atoms with Gasteiger partial charge >= 0.3 is 5.97 Å². The van der Waals surface area contributed by atoms with Crippen LogP contribution in [-0.2, 0) is 11.4 Å². The molecule has 0 aliphatic heterocycles. The first-order chi connectivity index (χ1) is 10.0. The summed E-state index contributed by atoms with van der Waals surface area (Å²) in [6, 6.07) is 7.63. The number of hydrogen-bond acceptors (Lipinski definition) is 6. The Hall–Kier alpha value is -2.06. The Kier molecular flexibility index (Phi) is 4.81. The summed E-state index contributed by atoms with van der Waals surface area (Å²) < 4.78 is 1.67. The van der Waals surface area contributed by atoms with Gasteiger partial charge in [-0.1, -0.05) is 17.8 Å². The molecule has 7 nitrogen and oxygen atoms in total. The summed E-state index contributed by atoms with van der Waals surface area (Å²) >= 11 is 1.07. The Morgan fingerprint density at radius 3 is 2.76 bits per heavy atom. The van der Waals surface area contributed by atoms with E-state index in [9.17, 15) is 9.90 Å². The van der Waals surface area contributed by atoms with Gasteiger partial charge in [-0.2, -0.15) is 0 Å². The SMILES string of the molecule is CN(C)c1cccc(-n2c(CO)nnc2SCC(=O)O)c1. The lowest BCUT2D eigenvalue weighted by atomic mass is 10.2. The van der Waals surface area contributed by atoms with E-state index in [0.717, 1.165) is 23.1 Å². The molecule has 2 rings (SSSR count). The number of rotatable bonds is 6. The molecule has 1 aromatic heterocycles. The summed E-state index contributed by atoms with van der Waals surface area (Å²) in [4.78, 5) is 12.7. The highest BCUT2D eigenvalue weighted by atomic mass is 32.2. The third kappa shape index (κ3) is 3.53. The van der Waals surface area contributed by atoms with Crippen molar-refractivity contribution in [2.45, 2.75) is 11.8 Å². The number of thioether (sulfide) groups is 1. The van der Waals surface area contributed by atoms with Crippen LogP contribution in [-0.4, -0.2) is 50.8 Å². The first-order valence-electron chi connectivity index (χ1n) is 6.20. The number of carboxylic acids is 1. The highest BCUT2D eigenvalue weighted by Gasteiger charge is 2.15. The van der Waals surface area contributed by atoms with Crippen molar-refractivity contribution in [3.8, 4) is 5.69 Å². The number of benzene rings is 1. The maximum absolute atomic E-state index is 10.7. The van der Waals surface area contributed by atoms with Gasteiger partial charge in [-0.15, -0.1) is 10.2 Å². The van der Waals surface area contributed by atoms with Crippen LogP contribution >= 0.6 is 11.8 Å². The summed E-state index contributed by atoms with van der Waals surface area (Å²) in [7, 11) is 3.86. The molecular formula is C13H16N4O3S. The minimum atomic E-state index is -0.929. The second kappa shape index (κ2) is 6.59. The van der Waals surface area contributed by atoms with Gasteiger partial charge in [0.1, 0.15) is 6.61 Å². The van der Waals surface area contributed by atoms with E-state index in [1.54, 1.807) is 4.57 Å². The number of aromatic nitrogens is 3. The molecule has 0 saturated heterocycles. The van der Waals surface area contributed by atoms with Crippen LogP contribution in [0.25, 0.3) is 5.69 Å². The number of nitrogens with zero attached hydrogens (tertiary/aromatic N) is 4. The lowest BCUT2D eigenvalue weighted by Gasteiger charge is -2.15. The topological polar surface area (TPSA) is 91.5 Å². The fraction of sp³-hybridized carbons (Fsp3) is 0.308. The summed E-state index contributed by atoms with van der Waals surface area (Å²) in [5.41, 5.74) is 1.77. The van der Waals surface area contributed by atoms with Gasteiger partial charge in [0.05, 0.1) is 11.4 Å². The Morgan fingerprint density at radius 2 is 2.14 bits per heavy atom. The van der Waals surface area contributed by atoms with Crippen molar-refractivity contribution in [3.05, 3.63) is 30.1 Å². The van der Waals surface area contributed by atoms with Crippen LogP contribution in [0.4, 0.5) is 5.69 Å². The minimum absolute atomic E-state index is 0.114. The van der Waals surface area contributed by atoms with Gasteiger partial charge in [0.2, 0.25) is 0 Å². The Labute approximate surface area is 126 Å². The third-order valence-corrected chi connectivity index (χ3v) is 3.68. The molecule has 0 bridgehead atoms. The number of carboxylic acid groups (broad SMARTS) is 1. The fourth-order valence-electron chi connectivity index (χ4n) is 1.79. The molecule has 0 spiro atoms. The van der Waals surface area contributed by atoms with Gasteiger partial charge in [-0.25, -0.2) is 0 Å². The standard InChI is InChI=1S/C13H16N4O3S/c1-16(2)9-4-3-5-10(6-9)17-11(7-18)14-15-13(17)21-8-12(19)20/h3-6,18H,7-8H2,1-2H3,(H,19,20). The van der Waals surface area contributed by atoms with E-state index in [1.807, 2.05) is 43.3 Å². The minimum Gasteiger partial charge on any atom is -0.481 e. The maximum Gasteiger partial charge on any atom is 0.313 e. The van der Waals surface area contributed by atoms with Gasteiger partial charge in [0.25, 0.3) is 0 Å². The summed E-state index contributed by atoms with van der Waals surface area (Å²) in [6.45, 7) is -0.271. The molecule has 2 aromatic rings. The van der Waals surface area contributed by atoms with E-state index in [0.29, 0.717) is 11.0 Å². The second-order valence-corrected chi connectivity index (χ2v) is 5.43. The number of carbonyl (C=O) groups is 1. The van der Waals surface area contributed by atoms with Crippen LogP contribution in [0.1, 0.15) is 5.82 Å². The van der Waals surface area contributed by atoms with Crippen molar-refractivity contribution in [1.82, 2.24) is 14.8 Å². The van der Waals surface area contributed by atoms with Crippen LogP contribution in [0.15, 0.2) is 29.4 Å². The highest BCUT2D eigenvalue weighted by molar-refractivity contribution is 7.99. The first-order valence-corrected chi connectivity index (χ1v) is 7.19. The van der Waals surface area contributed by atoms with Crippen molar-refractivity contribution in [2.24, 2.45) is 0 Å². The quantitative estimate of drug-likeness (QED) is 0.769. The van der Waals surface area contributed by atoms with E-state index in [4.69, 9.17) is 5.11 Å². The van der Waals surface area contributed by atoms with Crippen LogP contribution < -0.4 is 4.90 Å². The maximum atomic E-state index is 10.7.